The highest BCUT2D eigenvalue weighted by Crippen LogP contribution is 2.24. The molecule has 0 atom stereocenters. The lowest BCUT2D eigenvalue weighted by atomic mass is 10.2. The van der Waals surface area contributed by atoms with Crippen molar-refractivity contribution in [2.45, 2.75) is 17.3 Å². The molecule has 0 unspecified atom stereocenters. The van der Waals surface area contributed by atoms with Crippen LogP contribution in [0.2, 0.25) is 0 Å². The summed E-state index contributed by atoms with van der Waals surface area (Å²) >= 11 is 3.12. The molecule has 0 aliphatic rings. The average Bonchev–Trinajstić information content (AvgIpc) is 3.23. The van der Waals surface area contributed by atoms with E-state index >= 15 is 0 Å². The summed E-state index contributed by atoms with van der Waals surface area (Å²) in [5, 5.41) is 6.30. The molecule has 23 heavy (non-hydrogen) atoms. The maximum Gasteiger partial charge on any atom is 0.226 e. The van der Waals surface area contributed by atoms with Crippen molar-refractivity contribution in [3.8, 4) is 11.3 Å². The van der Waals surface area contributed by atoms with Crippen LogP contribution in [0.1, 0.15) is 10.7 Å². The van der Waals surface area contributed by atoms with Gasteiger partial charge >= 0.3 is 0 Å². The third kappa shape index (κ3) is 4.20. The zero-order valence-electron chi connectivity index (χ0n) is 12.6. The molecule has 0 bridgehead atoms. The Morgan fingerprint density at radius 3 is 2.96 bits per heavy atom. The lowest BCUT2D eigenvalue weighted by Gasteiger charge is -1.97. The second-order valence-electron chi connectivity index (χ2n) is 4.84. The number of carbonyl (C=O) groups excluding carboxylic acids is 1. The van der Waals surface area contributed by atoms with Crippen molar-refractivity contribution in [2.24, 2.45) is 0 Å². The Labute approximate surface area is 142 Å². The Morgan fingerprint density at radius 2 is 2.17 bits per heavy atom. The van der Waals surface area contributed by atoms with Crippen molar-refractivity contribution in [1.82, 2.24) is 20.3 Å². The van der Waals surface area contributed by atoms with E-state index in [-0.39, 0.29) is 5.91 Å². The Morgan fingerprint density at radius 1 is 1.35 bits per heavy atom. The van der Waals surface area contributed by atoms with Gasteiger partial charge < -0.3 is 10.3 Å². The van der Waals surface area contributed by atoms with Gasteiger partial charge in [0, 0.05) is 18.2 Å². The summed E-state index contributed by atoms with van der Waals surface area (Å²) in [4.78, 5) is 23.5. The fourth-order valence-electron chi connectivity index (χ4n) is 2.01. The minimum Gasteiger partial charge on any atom is -0.359 e. The second kappa shape index (κ2) is 7.43. The second-order valence-corrected chi connectivity index (χ2v) is 6.75. The van der Waals surface area contributed by atoms with Gasteiger partial charge in [0.1, 0.15) is 5.01 Å². The van der Waals surface area contributed by atoms with Gasteiger partial charge in [-0.15, -0.1) is 11.3 Å². The number of nitrogens with zero attached hydrogens (tertiary/aromatic N) is 2. The molecule has 7 heteroatoms. The smallest absolute Gasteiger partial charge is 0.226 e. The standard InChI is InChI=1S/C16H16N4OS2/c1-17-14(21)7-15-19-12(9-22-15)10-23-16-18-8-13(20-16)11-5-3-2-4-6-11/h2-6,8-9H,7,10H2,1H3,(H,17,21)(H,18,20). The molecule has 0 radical (unpaired) electrons. The first-order valence-electron chi connectivity index (χ1n) is 7.11. The number of amides is 1. The number of hydrogen-bond acceptors (Lipinski definition) is 5. The number of likely N-dealkylation sites (N-methyl/N-ethyl adjacent to an activating group) is 1. The molecule has 3 aromatic rings. The van der Waals surface area contributed by atoms with Crippen molar-refractivity contribution >= 4 is 29.0 Å². The van der Waals surface area contributed by atoms with Crippen LogP contribution in [0, 0.1) is 0 Å². The van der Waals surface area contributed by atoms with Crippen molar-refractivity contribution in [3.63, 3.8) is 0 Å². The summed E-state index contributed by atoms with van der Waals surface area (Å²) in [6.45, 7) is 0. The molecule has 0 saturated heterocycles. The van der Waals surface area contributed by atoms with E-state index in [1.807, 2.05) is 41.9 Å². The van der Waals surface area contributed by atoms with Crippen LogP contribution in [0.25, 0.3) is 11.3 Å². The lowest BCUT2D eigenvalue weighted by Crippen LogP contribution is -2.19. The third-order valence-electron chi connectivity index (χ3n) is 3.18. The number of aromatic nitrogens is 3. The number of hydrogen-bond donors (Lipinski definition) is 2. The average molecular weight is 344 g/mol. The molecular weight excluding hydrogens is 328 g/mol. The number of rotatable bonds is 6. The molecule has 118 valence electrons. The molecule has 0 aliphatic carbocycles. The normalized spacial score (nSPS) is 10.7. The molecular formula is C16H16N4OS2. The quantitative estimate of drug-likeness (QED) is 0.674. The van der Waals surface area contributed by atoms with Crippen molar-refractivity contribution in [3.05, 3.63) is 52.6 Å². The van der Waals surface area contributed by atoms with E-state index in [0.717, 1.165) is 32.9 Å². The summed E-state index contributed by atoms with van der Waals surface area (Å²) in [6, 6.07) is 10.1. The van der Waals surface area contributed by atoms with Crippen molar-refractivity contribution in [2.75, 3.05) is 7.05 Å². The SMILES string of the molecule is CNC(=O)Cc1nc(CSc2ncc(-c3ccccc3)[nH]2)cs1. The van der Waals surface area contributed by atoms with E-state index in [2.05, 4.69) is 20.3 Å². The maximum absolute atomic E-state index is 11.3. The van der Waals surface area contributed by atoms with E-state index < -0.39 is 0 Å². The summed E-state index contributed by atoms with van der Waals surface area (Å²) in [6.07, 6.45) is 2.18. The maximum atomic E-state index is 11.3. The largest absolute Gasteiger partial charge is 0.359 e. The van der Waals surface area contributed by atoms with Gasteiger partial charge in [0.05, 0.1) is 24.0 Å². The fourth-order valence-corrected chi connectivity index (χ4v) is 3.64. The topological polar surface area (TPSA) is 70.7 Å². The number of aromatic amines is 1. The summed E-state index contributed by atoms with van der Waals surface area (Å²) < 4.78 is 0. The van der Waals surface area contributed by atoms with E-state index in [0.29, 0.717) is 6.42 Å². The molecule has 0 spiro atoms. The predicted molar refractivity (Wildman–Crippen MR) is 93.5 cm³/mol. The molecule has 0 fully saturated rings. The molecule has 2 N–H and O–H groups in total. The van der Waals surface area contributed by atoms with E-state index in [1.165, 1.54) is 11.3 Å². The molecule has 1 aromatic carbocycles. The summed E-state index contributed by atoms with van der Waals surface area (Å²) in [5.41, 5.74) is 3.09. The van der Waals surface area contributed by atoms with Gasteiger partial charge in [0.15, 0.2) is 5.16 Å². The van der Waals surface area contributed by atoms with Crippen LogP contribution in [-0.4, -0.2) is 27.9 Å². The molecule has 2 heterocycles. The first kappa shape index (κ1) is 15.8. The number of thioether (sulfide) groups is 1. The van der Waals surface area contributed by atoms with Gasteiger partial charge in [-0.2, -0.15) is 0 Å². The van der Waals surface area contributed by atoms with Crippen LogP contribution >= 0.6 is 23.1 Å². The number of imidazole rings is 1. The number of thiazole rings is 1. The zero-order chi connectivity index (χ0) is 16.1. The van der Waals surface area contributed by atoms with E-state index in [4.69, 9.17) is 0 Å². The number of benzene rings is 1. The number of nitrogens with one attached hydrogen (secondary N) is 2. The van der Waals surface area contributed by atoms with Gasteiger partial charge in [0.2, 0.25) is 5.91 Å². The van der Waals surface area contributed by atoms with Crippen LogP contribution in [0.5, 0.6) is 0 Å². The molecule has 2 aromatic heterocycles. The summed E-state index contributed by atoms with van der Waals surface area (Å²) in [5.74, 6) is 0.712. The highest BCUT2D eigenvalue weighted by molar-refractivity contribution is 7.98. The van der Waals surface area contributed by atoms with E-state index in [1.54, 1.807) is 18.8 Å². The first-order chi connectivity index (χ1) is 11.2. The highest BCUT2D eigenvalue weighted by atomic mass is 32.2. The summed E-state index contributed by atoms with van der Waals surface area (Å²) in [7, 11) is 1.63. The Hall–Kier alpha value is -2.12. The van der Waals surface area contributed by atoms with Gasteiger partial charge in [-0.05, 0) is 5.56 Å². The zero-order valence-corrected chi connectivity index (χ0v) is 14.2. The van der Waals surface area contributed by atoms with Crippen LogP contribution in [0.15, 0.2) is 47.1 Å². The van der Waals surface area contributed by atoms with Gasteiger partial charge in [-0.25, -0.2) is 9.97 Å². The van der Waals surface area contributed by atoms with Crippen molar-refractivity contribution in [1.29, 1.82) is 0 Å². The predicted octanol–water partition coefficient (Wildman–Crippen LogP) is 3.11. The molecule has 3 rings (SSSR count). The first-order valence-corrected chi connectivity index (χ1v) is 8.98. The minimum atomic E-state index is -0.0166. The van der Waals surface area contributed by atoms with Crippen LogP contribution in [0.3, 0.4) is 0 Å². The lowest BCUT2D eigenvalue weighted by molar-refractivity contribution is -0.119. The van der Waals surface area contributed by atoms with E-state index in [9.17, 15) is 4.79 Å². The Bertz CT molecular complexity index is 782. The number of H-pyrrole nitrogens is 1. The third-order valence-corrected chi connectivity index (χ3v) is 5.00. The highest BCUT2D eigenvalue weighted by Gasteiger charge is 2.08. The molecule has 5 nitrogen and oxygen atoms in total. The van der Waals surface area contributed by atoms with Gasteiger partial charge in [-0.1, -0.05) is 42.1 Å². The number of carbonyl (C=O) groups is 1. The van der Waals surface area contributed by atoms with Crippen LogP contribution in [0.4, 0.5) is 0 Å². The van der Waals surface area contributed by atoms with Crippen molar-refractivity contribution < 1.29 is 4.79 Å². The Kier molecular flexibility index (Phi) is 5.09. The molecule has 0 aliphatic heterocycles. The Balaban J connectivity index is 1.59. The van der Waals surface area contributed by atoms with Gasteiger partial charge in [0.25, 0.3) is 0 Å². The molecule has 0 saturated carbocycles. The fraction of sp³-hybridized carbons (Fsp3) is 0.188. The van der Waals surface area contributed by atoms with Gasteiger partial charge in [-0.3, -0.25) is 4.79 Å². The van der Waals surface area contributed by atoms with Crippen LogP contribution in [-0.2, 0) is 17.0 Å². The van der Waals surface area contributed by atoms with Crippen LogP contribution < -0.4 is 5.32 Å². The minimum absolute atomic E-state index is 0.0166. The monoisotopic (exact) mass is 344 g/mol. The molecule has 1 amide bonds.